The fraction of sp³-hybridized carbons (Fsp3) is 0.231. The van der Waals surface area contributed by atoms with Crippen LogP contribution in [0.2, 0.25) is 0 Å². The van der Waals surface area contributed by atoms with Crippen LogP contribution in [0.25, 0.3) is 11.1 Å². The summed E-state index contributed by atoms with van der Waals surface area (Å²) in [6, 6.07) is 9.84. The topological polar surface area (TPSA) is 49.4 Å². The maximum absolute atomic E-state index is 11.7. The quantitative estimate of drug-likeness (QED) is 0.920. The van der Waals surface area contributed by atoms with Gasteiger partial charge in [-0.2, -0.15) is 28.8 Å². The van der Waals surface area contributed by atoms with Gasteiger partial charge in [0.25, 0.3) is 10.2 Å². The van der Waals surface area contributed by atoms with E-state index in [4.69, 9.17) is 0 Å². The highest BCUT2D eigenvalue weighted by atomic mass is 32.2. The third-order valence-electron chi connectivity index (χ3n) is 2.78. The Morgan fingerprint density at radius 2 is 1.95 bits per heavy atom. The third-order valence-corrected chi connectivity index (χ3v) is 4.93. The Kier molecular flexibility index (Phi) is 4.36. The van der Waals surface area contributed by atoms with Crippen LogP contribution in [0.4, 0.5) is 0 Å². The second kappa shape index (κ2) is 5.83. The highest BCUT2D eigenvalue weighted by Gasteiger charge is 2.13. The molecule has 0 amide bonds. The van der Waals surface area contributed by atoms with Crippen LogP contribution in [0.15, 0.2) is 41.1 Å². The van der Waals surface area contributed by atoms with Crippen molar-refractivity contribution >= 4 is 21.5 Å². The highest BCUT2D eigenvalue weighted by molar-refractivity contribution is 7.87. The van der Waals surface area contributed by atoms with Gasteiger partial charge < -0.3 is 0 Å². The highest BCUT2D eigenvalue weighted by Crippen LogP contribution is 2.25. The Morgan fingerprint density at radius 1 is 1.21 bits per heavy atom. The minimum atomic E-state index is -3.40. The van der Waals surface area contributed by atoms with Gasteiger partial charge in [0.2, 0.25) is 0 Å². The zero-order chi connectivity index (χ0) is 13.9. The molecule has 0 radical (unpaired) electrons. The molecule has 2 aromatic rings. The Labute approximate surface area is 117 Å². The van der Waals surface area contributed by atoms with Gasteiger partial charge >= 0.3 is 0 Å². The second-order valence-electron chi connectivity index (χ2n) is 4.28. The van der Waals surface area contributed by atoms with E-state index in [-0.39, 0.29) is 6.54 Å². The average Bonchev–Trinajstić information content (AvgIpc) is 2.90. The molecule has 1 heterocycles. The number of benzene rings is 1. The zero-order valence-corrected chi connectivity index (χ0v) is 12.5. The SMILES string of the molecule is CN(C)S(=O)(=O)NCc1ccccc1-c1ccsc1. The number of hydrogen-bond donors (Lipinski definition) is 1. The summed E-state index contributed by atoms with van der Waals surface area (Å²) in [5, 5.41) is 4.06. The van der Waals surface area contributed by atoms with Crippen LogP contribution in [0.1, 0.15) is 5.56 Å². The summed E-state index contributed by atoms with van der Waals surface area (Å²) in [5.41, 5.74) is 3.14. The molecular weight excluding hydrogens is 280 g/mol. The van der Waals surface area contributed by atoms with E-state index in [1.165, 1.54) is 18.4 Å². The minimum absolute atomic E-state index is 0.284. The molecule has 2 rings (SSSR count). The van der Waals surface area contributed by atoms with Gasteiger partial charge in [0.15, 0.2) is 0 Å². The van der Waals surface area contributed by atoms with Crippen molar-refractivity contribution in [3.05, 3.63) is 46.7 Å². The van der Waals surface area contributed by atoms with Gasteiger partial charge in [-0.3, -0.25) is 0 Å². The van der Waals surface area contributed by atoms with Crippen molar-refractivity contribution in [3.63, 3.8) is 0 Å². The van der Waals surface area contributed by atoms with E-state index in [0.717, 1.165) is 16.7 Å². The Hall–Kier alpha value is -1.21. The third kappa shape index (κ3) is 3.42. The van der Waals surface area contributed by atoms with Gasteiger partial charge in [-0.05, 0) is 33.5 Å². The summed E-state index contributed by atoms with van der Waals surface area (Å²) >= 11 is 1.62. The van der Waals surface area contributed by atoms with Gasteiger partial charge in [0, 0.05) is 20.6 Å². The molecule has 0 unspecified atom stereocenters. The van der Waals surface area contributed by atoms with E-state index in [1.807, 2.05) is 35.7 Å². The van der Waals surface area contributed by atoms with E-state index < -0.39 is 10.2 Å². The lowest BCUT2D eigenvalue weighted by Gasteiger charge is -2.14. The van der Waals surface area contributed by atoms with Crippen molar-refractivity contribution in [3.8, 4) is 11.1 Å². The van der Waals surface area contributed by atoms with Gasteiger partial charge in [-0.15, -0.1) is 0 Å². The summed E-state index contributed by atoms with van der Waals surface area (Å²) in [6.07, 6.45) is 0. The van der Waals surface area contributed by atoms with E-state index in [0.29, 0.717) is 0 Å². The summed E-state index contributed by atoms with van der Waals surface area (Å²) in [6.45, 7) is 0.284. The van der Waals surface area contributed by atoms with Crippen molar-refractivity contribution in [1.29, 1.82) is 0 Å². The molecule has 0 aliphatic rings. The first kappa shape index (κ1) is 14.2. The molecule has 0 aliphatic carbocycles. The first-order valence-corrected chi connectivity index (χ1v) is 8.16. The first-order chi connectivity index (χ1) is 9.00. The molecule has 0 fully saturated rings. The number of hydrogen-bond acceptors (Lipinski definition) is 3. The number of nitrogens with one attached hydrogen (secondary N) is 1. The Bertz CT molecular complexity index is 634. The van der Waals surface area contributed by atoms with E-state index >= 15 is 0 Å². The van der Waals surface area contributed by atoms with Crippen LogP contribution < -0.4 is 4.72 Å². The molecule has 0 atom stereocenters. The standard InChI is InChI=1S/C13H16N2O2S2/c1-15(2)19(16,17)14-9-11-5-3-4-6-13(11)12-7-8-18-10-12/h3-8,10,14H,9H2,1-2H3. The molecule has 4 nitrogen and oxygen atoms in total. The van der Waals surface area contributed by atoms with Crippen LogP contribution in [0.3, 0.4) is 0 Å². The van der Waals surface area contributed by atoms with Crippen molar-refractivity contribution in [2.24, 2.45) is 0 Å². The van der Waals surface area contributed by atoms with Gasteiger partial charge in [0.1, 0.15) is 0 Å². The van der Waals surface area contributed by atoms with Crippen LogP contribution in [0.5, 0.6) is 0 Å². The number of rotatable bonds is 5. The fourth-order valence-electron chi connectivity index (χ4n) is 1.67. The minimum Gasteiger partial charge on any atom is -0.198 e. The number of thiophene rings is 1. The van der Waals surface area contributed by atoms with Crippen LogP contribution in [0, 0.1) is 0 Å². The molecule has 102 valence electrons. The predicted molar refractivity (Wildman–Crippen MR) is 79.2 cm³/mol. The van der Waals surface area contributed by atoms with Gasteiger partial charge in [-0.1, -0.05) is 24.3 Å². The molecule has 0 saturated carbocycles. The lowest BCUT2D eigenvalue weighted by Crippen LogP contribution is -2.35. The zero-order valence-electron chi connectivity index (χ0n) is 10.8. The molecule has 1 aromatic carbocycles. The summed E-state index contributed by atoms with van der Waals surface area (Å²) in [7, 11) is -0.382. The lowest BCUT2D eigenvalue weighted by atomic mass is 10.0. The molecule has 1 N–H and O–H groups in total. The molecule has 0 bridgehead atoms. The summed E-state index contributed by atoms with van der Waals surface area (Å²) in [4.78, 5) is 0. The van der Waals surface area contributed by atoms with Crippen LogP contribution in [-0.4, -0.2) is 26.8 Å². The molecule has 0 spiro atoms. The molecule has 0 aliphatic heterocycles. The molecule has 19 heavy (non-hydrogen) atoms. The molecule has 0 saturated heterocycles. The maximum Gasteiger partial charge on any atom is 0.279 e. The average molecular weight is 296 g/mol. The number of nitrogens with zero attached hydrogens (tertiary/aromatic N) is 1. The summed E-state index contributed by atoms with van der Waals surface area (Å²) < 4.78 is 27.2. The summed E-state index contributed by atoms with van der Waals surface area (Å²) in [5.74, 6) is 0. The Morgan fingerprint density at radius 3 is 2.58 bits per heavy atom. The second-order valence-corrected chi connectivity index (χ2v) is 7.03. The molecular formula is C13H16N2O2S2. The first-order valence-electron chi connectivity index (χ1n) is 5.78. The van der Waals surface area contributed by atoms with E-state index in [2.05, 4.69) is 10.1 Å². The van der Waals surface area contributed by atoms with Crippen molar-refractivity contribution < 1.29 is 8.42 Å². The van der Waals surface area contributed by atoms with Crippen molar-refractivity contribution in [2.45, 2.75) is 6.54 Å². The largest absolute Gasteiger partial charge is 0.279 e. The van der Waals surface area contributed by atoms with Gasteiger partial charge in [0.05, 0.1) is 0 Å². The van der Waals surface area contributed by atoms with Crippen LogP contribution >= 0.6 is 11.3 Å². The molecule has 6 heteroatoms. The van der Waals surface area contributed by atoms with Gasteiger partial charge in [-0.25, -0.2) is 0 Å². The van der Waals surface area contributed by atoms with Crippen molar-refractivity contribution in [2.75, 3.05) is 14.1 Å². The Balaban J connectivity index is 2.23. The predicted octanol–water partition coefficient (Wildman–Crippen LogP) is 2.31. The monoisotopic (exact) mass is 296 g/mol. The van der Waals surface area contributed by atoms with E-state index in [1.54, 1.807) is 11.3 Å². The van der Waals surface area contributed by atoms with E-state index in [9.17, 15) is 8.42 Å². The molecule has 1 aromatic heterocycles. The smallest absolute Gasteiger partial charge is 0.198 e. The fourth-order valence-corrected chi connectivity index (χ4v) is 2.92. The normalized spacial score (nSPS) is 11.9. The van der Waals surface area contributed by atoms with Crippen molar-refractivity contribution in [1.82, 2.24) is 9.03 Å². The lowest BCUT2D eigenvalue weighted by molar-refractivity contribution is 0.505. The van der Waals surface area contributed by atoms with Crippen LogP contribution in [-0.2, 0) is 16.8 Å². The maximum atomic E-state index is 11.7.